The number of hydrogen-bond donors (Lipinski definition) is 1. The Hall–Kier alpha value is -0.730. The molecule has 0 aliphatic carbocycles. The van der Waals surface area contributed by atoms with Crippen LogP contribution in [0, 0.1) is 5.82 Å². The van der Waals surface area contributed by atoms with E-state index >= 15 is 0 Å². The van der Waals surface area contributed by atoms with Gasteiger partial charge in [0.1, 0.15) is 10.7 Å². The second-order valence-corrected chi connectivity index (χ2v) is 6.43. The number of aliphatic hydroxyl groups is 1. The van der Waals surface area contributed by atoms with E-state index in [9.17, 15) is 12.8 Å². The summed E-state index contributed by atoms with van der Waals surface area (Å²) < 4.78 is 44.2. The number of halogens is 2. The minimum Gasteiger partial charge on any atom is -0.394 e. The van der Waals surface area contributed by atoms with Gasteiger partial charge >= 0.3 is 0 Å². The van der Waals surface area contributed by atoms with Gasteiger partial charge in [0.25, 0.3) is 0 Å². The van der Waals surface area contributed by atoms with Crippen LogP contribution in [-0.4, -0.2) is 50.2 Å². The molecule has 1 fully saturated rings. The highest BCUT2D eigenvalue weighted by molar-refractivity contribution is 7.89. The van der Waals surface area contributed by atoms with Crippen molar-refractivity contribution in [1.82, 2.24) is 4.31 Å². The van der Waals surface area contributed by atoms with Gasteiger partial charge < -0.3 is 9.84 Å². The Morgan fingerprint density at radius 2 is 2.26 bits per heavy atom. The molecule has 0 saturated carbocycles. The first-order chi connectivity index (χ1) is 8.95. The maximum atomic E-state index is 13.2. The average molecular weight is 310 g/mol. The molecule has 1 aliphatic rings. The van der Waals surface area contributed by atoms with Crippen molar-refractivity contribution in [3.8, 4) is 0 Å². The first kappa shape index (κ1) is 14.7. The van der Waals surface area contributed by atoms with E-state index < -0.39 is 21.9 Å². The van der Waals surface area contributed by atoms with E-state index in [0.717, 1.165) is 16.4 Å². The summed E-state index contributed by atoms with van der Waals surface area (Å²) in [5.74, 6) is -0.671. The largest absolute Gasteiger partial charge is 0.394 e. The molecule has 0 spiro atoms. The topological polar surface area (TPSA) is 66.8 Å². The summed E-state index contributed by atoms with van der Waals surface area (Å²) in [5.41, 5.74) is 0. The Kier molecular flexibility index (Phi) is 4.42. The van der Waals surface area contributed by atoms with Crippen LogP contribution >= 0.6 is 11.6 Å². The van der Waals surface area contributed by atoms with Crippen LogP contribution in [0.25, 0.3) is 0 Å². The zero-order valence-corrected chi connectivity index (χ0v) is 11.5. The summed E-state index contributed by atoms with van der Waals surface area (Å²) in [5, 5.41) is 8.98. The molecule has 1 aromatic carbocycles. The monoisotopic (exact) mass is 309 g/mol. The number of aliphatic hydroxyl groups excluding tert-OH is 1. The lowest BCUT2D eigenvalue weighted by atomic mass is 10.3. The first-order valence-corrected chi connectivity index (χ1v) is 7.44. The van der Waals surface area contributed by atoms with Gasteiger partial charge in [-0.05, 0) is 18.2 Å². The van der Waals surface area contributed by atoms with Crippen LogP contribution in [0.15, 0.2) is 23.1 Å². The molecule has 19 heavy (non-hydrogen) atoms. The summed E-state index contributed by atoms with van der Waals surface area (Å²) in [6, 6.07) is 3.19. The minimum absolute atomic E-state index is 0.0195. The highest BCUT2D eigenvalue weighted by Crippen LogP contribution is 2.26. The molecule has 2 rings (SSSR count). The molecular weight excluding hydrogens is 297 g/mol. The molecule has 1 unspecified atom stereocenters. The van der Waals surface area contributed by atoms with E-state index in [0.29, 0.717) is 0 Å². The highest BCUT2D eigenvalue weighted by atomic mass is 35.5. The normalized spacial score (nSPS) is 21.5. The minimum atomic E-state index is -3.89. The van der Waals surface area contributed by atoms with Crippen molar-refractivity contribution in [2.45, 2.75) is 11.0 Å². The zero-order chi connectivity index (χ0) is 14.0. The van der Waals surface area contributed by atoms with E-state index in [1.54, 1.807) is 0 Å². The Morgan fingerprint density at radius 3 is 2.95 bits per heavy atom. The number of morpholine rings is 1. The number of nitrogens with zero attached hydrogens (tertiary/aromatic N) is 1. The molecule has 1 aromatic rings. The molecule has 0 bridgehead atoms. The lowest BCUT2D eigenvalue weighted by molar-refractivity contribution is -0.0304. The van der Waals surface area contributed by atoms with Crippen LogP contribution in [0.3, 0.4) is 0 Å². The quantitative estimate of drug-likeness (QED) is 0.899. The van der Waals surface area contributed by atoms with Gasteiger partial charge in [-0.25, -0.2) is 12.8 Å². The predicted molar refractivity (Wildman–Crippen MR) is 67.0 cm³/mol. The lowest BCUT2D eigenvalue weighted by Gasteiger charge is -2.31. The Labute approximate surface area is 115 Å². The molecule has 0 aromatic heterocycles. The van der Waals surface area contributed by atoms with E-state index in [-0.39, 0.29) is 36.2 Å². The molecule has 0 amide bonds. The van der Waals surface area contributed by atoms with Crippen LogP contribution in [0.2, 0.25) is 5.02 Å². The molecule has 1 saturated heterocycles. The van der Waals surface area contributed by atoms with E-state index in [2.05, 4.69) is 0 Å². The zero-order valence-electron chi connectivity index (χ0n) is 9.92. The first-order valence-electron chi connectivity index (χ1n) is 5.63. The van der Waals surface area contributed by atoms with E-state index in [1.165, 1.54) is 6.07 Å². The lowest BCUT2D eigenvalue weighted by Crippen LogP contribution is -2.46. The van der Waals surface area contributed by atoms with E-state index in [1.807, 2.05) is 0 Å². The fraction of sp³-hybridized carbons (Fsp3) is 0.455. The fourth-order valence-corrected chi connectivity index (χ4v) is 3.78. The predicted octanol–water partition coefficient (Wildman–Crippen LogP) is 0.861. The maximum Gasteiger partial charge on any atom is 0.244 e. The second-order valence-electron chi connectivity index (χ2n) is 4.11. The van der Waals surface area contributed by atoms with Gasteiger partial charge in [-0.3, -0.25) is 0 Å². The molecule has 5 nitrogen and oxygen atoms in total. The van der Waals surface area contributed by atoms with Crippen molar-refractivity contribution in [3.05, 3.63) is 29.0 Å². The molecule has 1 heterocycles. The van der Waals surface area contributed by atoms with Crippen LogP contribution in [0.5, 0.6) is 0 Å². The Balaban J connectivity index is 2.34. The van der Waals surface area contributed by atoms with Crippen molar-refractivity contribution >= 4 is 21.6 Å². The molecule has 1 N–H and O–H groups in total. The number of sulfonamides is 1. The number of hydrogen-bond acceptors (Lipinski definition) is 4. The molecule has 106 valence electrons. The maximum absolute atomic E-state index is 13.2. The van der Waals surface area contributed by atoms with Crippen LogP contribution < -0.4 is 0 Å². The summed E-state index contributed by atoms with van der Waals surface area (Å²) in [6.45, 7) is 0.0671. The molecule has 0 radical (unpaired) electrons. The van der Waals surface area contributed by atoms with Gasteiger partial charge in [-0.2, -0.15) is 4.31 Å². The van der Waals surface area contributed by atoms with Crippen molar-refractivity contribution < 1.29 is 22.7 Å². The Bertz CT molecular complexity index is 566. The van der Waals surface area contributed by atoms with Gasteiger partial charge in [0.2, 0.25) is 10.0 Å². The molecule has 8 heteroatoms. The summed E-state index contributed by atoms with van der Waals surface area (Å²) in [6.07, 6.45) is -0.573. The van der Waals surface area contributed by atoms with Crippen molar-refractivity contribution in [2.75, 3.05) is 26.3 Å². The number of ether oxygens (including phenoxy) is 1. The van der Waals surface area contributed by atoms with Crippen LogP contribution in [0.4, 0.5) is 4.39 Å². The van der Waals surface area contributed by atoms with Gasteiger partial charge in [0, 0.05) is 13.1 Å². The summed E-state index contributed by atoms with van der Waals surface area (Å²) in [7, 11) is -3.89. The third kappa shape index (κ3) is 3.06. The number of benzene rings is 1. The fourth-order valence-electron chi connectivity index (χ4n) is 1.84. The third-order valence-corrected chi connectivity index (χ3v) is 5.16. The molecular formula is C11H13ClFNO4S. The molecule has 1 atom stereocenters. The summed E-state index contributed by atoms with van der Waals surface area (Å²) in [4.78, 5) is -0.271. The smallest absolute Gasteiger partial charge is 0.244 e. The molecule has 1 aliphatic heterocycles. The van der Waals surface area contributed by atoms with Gasteiger partial charge in [-0.1, -0.05) is 11.6 Å². The number of rotatable bonds is 3. The second kappa shape index (κ2) is 5.72. The SMILES string of the molecule is O=S(=O)(c1cc(F)ccc1Cl)N1CCOC(CO)C1. The van der Waals surface area contributed by atoms with Gasteiger partial charge in [-0.15, -0.1) is 0 Å². The van der Waals surface area contributed by atoms with E-state index in [4.69, 9.17) is 21.4 Å². The standard InChI is InChI=1S/C11H13ClFNO4S/c12-10-2-1-8(13)5-11(10)19(16,17)14-3-4-18-9(6-14)7-15/h1-2,5,9,15H,3-4,6-7H2. The van der Waals surface area contributed by atoms with Gasteiger partial charge in [0.15, 0.2) is 0 Å². The van der Waals surface area contributed by atoms with Crippen molar-refractivity contribution in [1.29, 1.82) is 0 Å². The Morgan fingerprint density at radius 1 is 1.53 bits per heavy atom. The van der Waals surface area contributed by atoms with Crippen molar-refractivity contribution in [2.24, 2.45) is 0 Å². The van der Waals surface area contributed by atoms with Crippen LogP contribution in [-0.2, 0) is 14.8 Å². The average Bonchev–Trinajstić information content (AvgIpc) is 2.41. The highest BCUT2D eigenvalue weighted by Gasteiger charge is 2.32. The van der Waals surface area contributed by atoms with Crippen molar-refractivity contribution in [3.63, 3.8) is 0 Å². The van der Waals surface area contributed by atoms with Crippen LogP contribution in [0.1, 0.15) is 0 Å². The summed E-state index contributed by atoms with van der Waals surface area (Å²) >= 11 is 5.82. The third-order valence-electron chi connectivity index (χ3n) is 2.82. The van der Waals surface area contributed by atoms with Gasteiger partial charge in [0.05, 0.1) is 24.3 Å².